The van der Waals surface area contributed by atoms with Crippen molar-refractivity contribution in [2.45, 2.75) is 12.8 Å². The summed E-state index contributed by atoms with van der Waals surface area (Å²) >= 11 is 14.8. The van der Waals surface area contributed by atoms with Gasteiger partial charge in [-0.2, -0.15) is 18.7 Å². The highest BCUT2D eigenvalue weighted by Crippen LogP contribution is 2.27. The second kappa shape index (κ2) is 19.1. The van der Waals surface area contributed by atoms with Crippen LogP contribution in [-0.2, 0) is 12.8 Å². The Balaban J connectivity index is 0.000000172. The fourth-order valence-electron chi connectivity index (χ4n) is 6.31. The monoisotopic (exact) mass is 837 g/mol. The molecule has 8 rings (SSSR count). The van der Waals surface area contributed by atoms with Crippen molar-refractivity contribution in [2.75, 3.05) is 82.4 Å². The molecule has 0 radical (unpaired) electrons. The zero-order chi connectivity index (χ0) is 38.9. The van der Waals surface area contributed by atoms with Gasteiger partial charge in [0.25, 0.3) is 0 Å². The Morgan fingerprint density at radius 1 is 0.661 bits per heavy atom. The van der Waals surface area contributed by atoms with E-state index >= 15 is 0 Å². The summed E-state index contributed by atoms with van der Waals surface area (Å²) < 4.78 is 40.4. The molecule has 0 amide bonds. The van der Waals surface area contributed by atoms with Gasteiger partial charge < -0.3 is 14.5 Å². The van der Waals surface area contributed by atoms with E-state index in [1.165, 1.54) is 40.8 Å². The van der Waals surface area contributed by atoms with Gasteiger partial charge in [-0.1, -0.05) is 29.3 Å². The fraction of sp³-hybridized carbons (Fsp3) is 0.342. The quantitative estimate of drug-likeness (QED) is 0.126. The van der Waals surface area contributed by atoms with E-state index in [1.54, 1.807) is 50.1 Å². The molecule has 2 saturated heterocycles. The minimum absolute atomic E-state index is 0.453. The van der Waals surface area contributed by atoms with E-state index in [1.807, 2.05) is 18.2 Å². The summed E-state index contributed by atoms with van der Waals surface area (Å²) in [6.07, 6.45) is 8.45. The van der Waals surface area contributed by atoms with Crippen LogP contribution >= 0.6 is 46.3 Å². The number of rotatable bonds is 11. The van der Waals surface area contributed by atoms with E-state index in [0.717, 1.165) is 98.8 Å². The highest BCUT2D eigenvalue weighted by molar-refractivity contribution is 7.10. The third-order valence-electron chi connectivity index (χ3n) is 9.49. The second-order valence-electron chi connectivity index (χ2n) is 13.2. The maximum absolute atomic E-state index is 13.3. The molecular weight excluding hydrogens is 800 g/mol. The Morgan fingerprint density at radius 2 is 1.27 bits per heavy atom. The van der Waals surface area contributed by atoms with Crippen LogP contribution in [0, 0.1) is 11.6 Å². The maximum Gasteiger partial charge on any atom is 0.213 e. The van der Waals surface area contributed by atoms with Gasteiger partial charge >= 0.3 is 0 Å². The van der Waals surface area contributed by atoms with Crippen molar-refractivity contribution in [3.05, 3.63) is 106 Å². The molecule has 0 atom stereocenters. The van der Waals surface area contributed by atoms with Crippen LogP contribution in [0.25, 0.3) is 22.8 Å². The lowest BCUT2D eigenvalue weighted by Gasteiger charge is -2.34. The van der Waals surface area contributed by atoms with Crippen molar-refractivity contribution < 1.29 is 13.5 Å². The number of nitrogens with zero attached hydrogens (tertiary/aromatic N) is 11. The van der Waals surface area contributed by atoms with Gasteiger partial charge in [-0.05, 0) is 60.4 Å². The lowest BCUT2D eigenvalue weighted by atomic mass is 10.1. The first-order valence-corrected chi connectivity index (χ1v) is 20.4. The molecule has 18 heteroatoms. The molecule has 2 fully saturated rings. The Hall–Kier alpha value is -4.45. The molecule has 0 unspecified atom stereocenters. The topological polar surface area (TPSA) is 112 Å². The van der Waals surface area contributed by atoms with Crippen molar-refractivity contribution in [3.8, 4) is 28.7 Å². The number of piperazine rings is 2. The number of aromatic nitrogens is 7. The summed E-state index contributed by atoms with van der Waals surface area (Å²) in [5, 5.41) is 2.86. The van der Waals surface area contributed by atoms with Crippen molar-refractivity contribution in [1.29, 1.82) is 0 Å². The molecule has 56 heavy (non-hydrogen) atoms. The predicted molar refractivity (Wildman–Crippen MR) is 218 cm³/mol. The highest BCUT2D eigenvalue weighted by Gasteiger charge is 2.22. The average molecular weight is 839 g/mol. The van der Waals surface area contributed by atoms with Gasteiger partial charge in [0.15, 0.2) is 23.3 Å². The Morgan fingerprint density at radius 3 is 1.86 bits per heavy atom. The largest absolute Gasteiger partial charge is 0.481 e. The molecule has 292 valence electrons. The average Bonchev–Trinajstić information content (AvgIpc) is 3.93. The number of pyridine rings is 3. The summed E-state index contributed by atoms with van der Waals surface area (Å²) in [4.78, 5) is 30.9. The lowest BCUT2D eigenvalue weighted by molar-refractivity contribution is 0.261. The summed E-state index contributed by atoms with van der Waals surface area (Å²) in [5.41, 5.74) is 3.76. The summed E-state index contributed by atoms with van der Waals surface area (Å²) in [6, 6.07) is 13.6. The number of hydrogen-bond acceptors (Lipinski definition) is 14. The molecule has 0 bridgehead atoms. The number of methoxy groups -OCH3 is 1. The van der Waals surface area contributed by atoms with Crippen LogP contribution in [0.2, 0.25) is 10.2 Å². The Bertz CT molecular complexity index is 2200. The van der Waals surface area contributed by atoms with Crippen LogP contribution in [-0.4, -0.2) is 116 Å². The first kappa shape index (κ1) is 39.8. The highest BCUT2D eigenvalue weighted by atomic mass is 35.5. The normalized spacial score (nSPS) is 15.1. The Kier molecular flexibility index (Phi) is 13.6. The van der Waals surface area contributed by atoms with Gasteiger partial charge in [0.1, 0.15) is 5.15 Å². The van der Waals surface area contributed by atoms with Gasteiger partial charge in [-0.15, -0.1) is 0 Å². The SMILES string of the molecule is COc1cc(CCN2CCN(c3nc(-c4ccnc(Cl)c4)ns3)CC2)ccn1.Fc1ccc(CCN2CCN(c3nc(-c4cncc(Cl)c4)ns3)CC2)cc1F. The van der Waals surface area contributed by atoms with E-state index in [2.05, 4.69) is 48.3 Å². The van der Waals surface area contributed by atoms with E-state index < -0.39 is 11.6 Å². The maximum atomic E-state index is 13.3. The molecular formula is C38H39Cl2F2N11OS2. The van der Waals surface area contributed by atoms with Crippen molar-refractivity contribution in [1.82, 2.24) is 43.5 Å². The fourth-order valence-corrected chi connectivity index (χ4v) is 8.14. The minimum atomic E-state index is -0.803. The van der Waals surface area contributed by atoms with Crippen LogP contribution in [0.3, 0.4) is 0 Å². The molecule has 0 N–H and O–H groups in total. The van der Waals surface area contributed by atoms with E-state index in [9.17, 15) is 8.78 Å². The number of anilines is 2. The minimum Gasteiger partial charge on any atom is -0.481 e. The summed E-state index contributed by atoms with van der Waals surface area (Å²) in [6.45, 7) is 9.23. The molecule has 2 aliphatic heterocycles. The van der Waals surface area contributed by atoms with Crippen molar-refractivity contribution in [2.24, 2.45) is 0 Å². The van der Waals surface area contributed by atoms with Crippen LogP contribution in [0.4, 0.5) is 19.0 Å². The van der Waals surface area contributed by atoms with Gasteiger partial charge in [-0.3, -0.25) is 14.8 Å². The number of benzene rings is 1. The standard InChI is InChI=1S/C19H18ClF2N5S.C19H21ClN6OS/c20-15-10-14(11-23-12-15)18-24-19(28-25-18)27-7-5-26(6-8-27)4-3-13-1-2-16(21)17(22)9-13;1-27-17-12-14(2-5-22-17)4-7-25-8-10-26(11-9-25)19-23-18(24-28-19)15-3-6-21-16(20)13-15/h1-2,9-12H,3-8H2;2-3,5-6,12-13H,4,7-11H2,1H3. The molecule has 0 spiro atoms. The van der Waals surface area contributed by atoms with Crippen LogP contribution in [0.15, 0.2) is 73.3 Å². The van der Waals surface area contributed by atoms with E-state index in [4.69, 9.17) is 32.9 Å². The zero-order valence-corrected chi connectivity index (χ0v) is 33.7. The van der Waals surface area contributed by atoms with E-state index in [0.29, 0.717) is 34.1 Å². The van der Waals surface area contributed by atoms with Crippen LogP contribution < -0.4 is 14.5 Å². The van der Waals surface area contributed by atoms with Crippen LogP contribution in [0.5, 0.6) is 5.88 Å². The van der Waals surface area contributed by atoms with Crippen LogP contribution in [0.1, 0.15) is 11.1 Å². The van der Waals surface area contributed by atoms with Gasteiger partial charge in [-0.25, -0.2) is 18.7 Å². The molecule has 12 nitrogen and oxygen atoms in total. The zero-order valence-electron chi connectivity index (χ0n) is 30.6. The number of ether oxygens (including phenoxy) is 1. The first-order chi connectivity index (χ1) is 27.3. The second-order valence-corrected chi connectivity index (χ2v) is 15.5. The molecule has 0 saturated carbocycles. The van der Waals surface area contributed by atoms with Gasteiger partial charge in [0.05, 0.1) is 12.1 Å². The molecule has 1 aromatic carbocycles. The summed E-state index contributed by atoms with van der Waals surface area (Å²) in [5.74, 6) is 0.422. The third-order valence-corrected chi connectivity index (χ3v) is 11.5. The van der Waals surface area contributed by atoms with E-state index in [-0.39, 0.29) is 0 Å². The van der Waals surface area contributed by atoms with Gasteiger partial charge in [0, 0.05) is 130 Å². The Labute approximate surface area is 342 Å². The molecule has 5 aromatic heterocycles. The summed E-state index contributed by atoms with van der Waals surface area (Å²) in [7, 11) is 1.65. The third kappa shape index (κ3) is 10.7. The lowest BCUT2D eigenvalue weighted by Crippen LogP contribution is -2.47. The molecule has 6 aromatic rings. The number of hydrogen-bond donors (Lipinski definition) is 0. The smallest absolute Gasteiger partial charge is 0.213 e. The molecule has 2 aliphatic rings. The molecule has 0 aliphatic carbocycles. The predicted octanol–water partition coefficient (Wildman–Crippen LogP) is 6.92. The van der Waals surface area contributed by atoms with Gasteiger partial charge in [0.2, 0.25) is 16.1 Å². The van der Waals surface area contributed by atoms with Crippen molar-refractivity contribution in [3.63, 3.8) is 0 Å². The van der Waals surface area contributed by atoms with Crippen molar-refractivity contribution >= 4 is 56.5 Å². The molecule has 7 heterocycles. The number of halogens is 4. The first-order valence-electron chi connectivity index (χ1n) is 18.1.